The molecule has 3 heteroatoms. The van der Waals surface area contributed by atoms with Gasteiger partial charge in [-0.25, -0.2) is 0 Å². The van der Waals surface area contributed by atoms with Crippen molar-refractivity contribution in [1.82, 2.24) is 10.5 Å². The SMILES string of the molecule is Cc1cccc(CNOC(C)(C)C)n1. The van der Waals surface area contributed by atoms with Gasteiger partial charge in [-0.1, -0.05) is 6.07 Å². The van der Waals surface area contributed by atoms with E-state index in [1.807, 2.05) is 45.9 Å². The Balaban J connectivity index is 2.39. The molecule has 1 aromatic rings. The molecule has 0 radical (unpaired) electrons. The van der Waals surface area contributed by atoms with Gasteiger partial charge in [0.05, 0.1) is 17.8 Å². The van der Waals surface area contributed by atoms with Crippen LogP contribution in [0.1, 0.15) is 32.2 Å². The molecule has 0 aromatic carbocycles. The fourth-order valence-corrected chi connectivity index (χ4v) is 1.02. The van der Waals surface area contributed by atoms with Crippen molar-refractivity contribution in [3.8, 4) is 0 Å². The third-order valence-electron chi connectivity index (χ3n) is 1.58. The molecule has 0 amide bonds. The molecule has 1 aromatic heterocycles. The van der Waals surface area contributed by atoms with E-state index in [2.05, 4.69) is 10.5 Å². The second-order valence-corrected chi connectivity index (χ2v) is 4.31. The maximum absolute atomic E-state index is 5.38. The van der Waals surface area contributed by atoms with Crippen molar-refractivity contribution in [2.45, 2.75) is 39.8 Å². The largest absolute Gasteiger partial charge is 0.296 e. The summed E-state index contributed by atoms with van der Waals surface area (Å²) >= 11 is 0. The van der Waals surface area contributed by atoms with Crippen molar-refractivity contribution < 1.29 is 4.84 Å². The van der Waals surface area contributed by atoms with Gasteiger partial charge in [-0.05, 0) is 39.8 Å². The fourth-order valence-electron chi connectivity index (χ4n) is 1.02. The Labute approximate surface area is 85.5 Å². The minimum atomic E-state index is -0.163. The highest BCUT2D eigenvalue weighted by Crippen LogP contribution is 2.04. The summed E-state index contributed by atoms with van der Waals surface area (Å²) in [5.41, 5.74) is 4.77. The van der Waals surface area contributed by atoms with Gasteiger partial charge in [-0.15, -0.1) is 0 Å². The van der Waals surface area contributed by atoms with E-state index in [4.69, 9.17) is 4.84 Å². The highest BCUT2D eigenvalue weighted by atomic mass is 16.7. The second kappa shape index (κ2) is 4.53. The Hall–Kier alpha value is -0.930. The summed E-state index contributed by atoms with van der Waals surface area (Å²) in [5.74, 6) is 0. The standard InChI is InChI=1S/C11H18N2O/c1-9-6-5-7-10(13-9)8-12-14-11(2,3)4/h5-7,12H,8H2,1-4H3. The number of aromatic nitrogens is 1. The predicted molar refractivity (Wildman–Crippen MR) is 56.7 cm³/mol. The number of hydrogen-bond acceptors (Lipinski definition) is 3. The molecule has 1 rings (SSSR count). The molecule has 78 valence electrons. The van der Waals surface area contributed by atoms with E-state index in [0.717, 1.165) is 11.4 Å². The lowest BCUT2D eigenvalue weighted by Crippen LogP contribution is -2.29. The quantitative estimate of drug-likeness (QED) is 0.749. The average molecular weight is 194 g/mol. The van der Waals surface area contributed by atoms with Gasteiger partial charge in [0.1, 0.15) is 0 Å². The Kier molecular flexibility index (Phi) is 3.61. The first kappa shape index (κ1) is 11.1. The van der Waals surface area contributed by atoms with Gasteiger partial charge < -0.3 is 0 Å². The van der Waals surface area contributed by atoms with E-state index < -0.39 is 0 Å². The van der Waals surface area contributed by atoms with Crippen LogP contribution in [0, 0.1) is 6.92 Å². The zero-order valence-electron chi connectivity index (χ0n) is 9.29. The van der Waals surface area contributed by atoms with Crippen molar-refractivity contribution in [3.63, 3.8) is 0 Å². The molecular weight excluding hydrogens is 176 g/mol. The Morgan fingerprint density at radius 1 is 1.36 bits per heavy atom. The molecule has 14 heavy (non-hydrogen) atoms. The van der Waals surface area contributed by atoms with Crippen LogP contribution in [0.2, 0.25) is 0 Å². The molecular formula is C11H18N2O. The lowest BCUT2D eigenvalue weighted by Gasteiger charge is -2.19. The van der Waals surface area contributed by atoms with E-state index in [-0.39, 0.29) is 5.60 Å². The van der Waals surface area contributed by atoms with Gasteiger partial charge in [0, 0.05) is 5.69 Å². The van der Waals surface area contributed by atoms with Crippen molar-refractivity contribution in [1.29, 1.82) is 0 Å². The lowest BCUT2D eigenvalue weighted by molar-refractivity contribution is -0.0761. The maximum Gasteiger partial charge on any atom is 0.0813 e. The zero-order valence-corrected chi connectivity index (χ0v) is 9.29. The van der Waals surface area contributed by atoms with Crippen LogP contribution in [0.25, 0.3) is 0 Å². The van der Waals surface area contributed by atoms with Gasteiger partial charge >= 0.3 is 0 Å². The molecule has 0 aliphatic rings. The van der Waals surface area contributed by atoms with E-state index in [1.54, 1.807) is 0 Å². The van der Waals surface area contributed by atoms with Gasteiger partial charge in [0.25, 0.3) is 0 Å². The van der Waals surface area contributed by atoms with Crippen LogP contribution >= 0.6 is 0 Å². The van der Waals surface area contributed by atoms with Crippen LogP contribution in [0.15, 0.2) is 18.2 Å². The van der Waals surface area contributed by atoms with Crippen LogP contribution < -0.4 is 5.48 Å². The van der Waals surface area contributed by atoms with Crippen molar-refractivity contribution in [2.24, 2.45) is 0 Å². The fraction of sp³-hybridized carbons (Fsp3) is 0.545. The molecule has 0 saturated heterocycles. The molecule has 1 N–H and O–H groups in total. The van der Waals surface area contributed by atoms with Gasteiger partial charge in [-0.2, -0.15) is 5.48 Å². The molecule has 1 heterocycles. The minimum absolute atomic E-state index is 0.163. The molecule has 0 bridgehead atoms. The van der Waals surface area contributed by atoms with Crippen LogP contribution in [0.3, 0.4) is 0 Å². The number of hydrogen-bond donors (Lipinski definition) is 1. The maximum atomic E-state index is 5.38. The van der Waals surface area contributed by atoms with Gasteiger partial charge in [0.15, 0.2) is 0 Å². The van der Waals surface area contributed by atoms with Crippen LogP contribution in [0.5, 0.6) is 0 Å². The van der Waals surface area contributed by atoms with Crippen molar-refractivity contribution in [2.75, 3.05) is 0 Å². The van der Waals surface area contributed by atoms with Crippen molar-refractivity contribution in [3.05, 3.63) is 29.6 Å². The first-order valence-electron chi connectivity index (χ1n) is 4.81. The Bertz CT molecular complexity index is 292. The van der Waals surface area contributed by atoms with Gasteiger partial charge in [0.2, 0.25) is 0 Å². The second-order valence-electron chi connectivity index (χ2n) is 4.31. The first-order valence-corrected chi connectivity index (χ1v) is 4.81. The monoisotopic (exact) mass is 194 g/mol. The molecule has 0 aliphatic carbocycles. The highest BCUT2D eigenvalue weighted by molar-refractivity contribution is 5.09. The number of nitrogens with zero attached hydrogens (tertiary/aromatic N) is 1. The zero-order chi connectivity index (χ0) is 10.6. The summed E-state index contributed by atoms with van der Waals surface area (Å²) in [5, 5.41) is 0. The summed E-state index contributed by atoms with van der Waals surface area (Å²) in [6, 6.07) is 5.95. The van der Waals surface area contributed by atoms with Crippen molar-refractivity contribution >= 4 is 0 Å². The number of rotatable bonds is 3. The summed E-state index contributed by atoms with van der Waals surface area (Å²) in [4.78, 5) is 9.73. The van der Waals surface area contributed by atoms with E-state index in [9.17, 15) is 0 Å². The topological polar surface area (TPSA) is 34.1 Å². The van der Waals surface area contributed by atoms with Crippen LogP contribution in [-0.4, -0.2) is 10.6 Å². The highest BCUT2D eigenvalue weighted by Gasteiger charge is 2.09. The molecule has 0 saturated carbocycles. The van der Waals surface area contributed by atoms with E-state index in [1.165, 1.54) is 0 Å². The molecule has 0 atom stereocenters. The van der Waals surface area contributed by atoms with Crippen LogP contribution in [-0.2, 0) is 11.4 Å². The molecule has 3 nitrogen and oxygen atoms in total. The van der Waals surface area contributed by atoms with E-state index in [0.29, 0.717) is 6.54 Å². The third kappa shape index (κ3) is 4.35. The summed E-state index contributed by atoms with van der Waals surface area (Å²) in [6.07, 6.45) is 0. The van der Waals surface area contributed by atoms with Crippen LogP contribution in [0.4, 0.5) is 0 Å². The number of hydroxylamine groups is 1. The smallest absolute Gasteiger partial charge is 0.0813 e. The Morgan fingerprint density at radius 3 is 2.64 bits per heavy atom. The molecule has 0 unspecified atom stereocenters. The average Bonchev–Trinajstić information content (AvgIpc) is 2.01. The number of nitrogens with one attached hydrogen (secondary N) is 1. The Morgan fingerprint density at radius 2 is 2.07 bits per heavy atom. The number of aryl methyl sites for hydroxylation is 1. The normalized spacial score (nSPS) is 11.7. The van der Waals surface area contributed by atoms with E-state index >= 15 is 0 Å². The summed E-state index contributed by atoms with van der Waals surface area (Å²) < 4.78 is 0. The molecule has 0 fully saturated rings. The molecule has 0 spiro atoms. The van der Waals surface area contributed by atoms with Gasteiger partial charge in [-0.3, -0.25) is 9.82 Å². The summed E-state index contributed by atoms with van der Waals surface area (Å²) in [6.45, 7) is 8.63. The lowest BCUT2D eigenvalue weighted by atomic mass is 10.2. The molecule has 0 aliphatic heterocycles. The summed E-state index contributed by atoms with van der Waals surface area (Å²) in [7, 11) is 0. The first-order chi connectivity index (χ1) is 6.47. The predicted octanol–water partition coefficient (Wildman–Crippen LogP) is 2.21. The number of pyridine rings is 1. The minimum Gasteiger partial charge on any atom is -0.296 e. The third-order valence-corrected chi connectivity index (χ3v) is 1.58.